The smallest absolute Gasteiger partial charge is 0.212 e. The molecule has 1 atom stereocenters. The van der Waals surface area contributed by atoms with Crippen molar-refractivity contribution in [3.8, 4) is 28.1 Å². The minimum atomic E-state index is -2.13. The van der Waals surface area contributed by atoms with Gasteiger partial charge in [0.2, 0.25) is 5.88 Å². The van der Waals surface area contributed by atoms with E-state index in [0.29, 0.717) is 11.7 Å². The second-order valence-corrected chi connectivity index (χ2v) is 6.29. The number of nitrogens with two attached hydrogens (primary N) is 1. The van der Waals surface area contributed by atoms with Gasteiger partial charge in [-0.2, -0.15) is 0 Å². The minimum absolute atomic E-state index is 0.0223. The summed E-state index contributed by atoms with van der Waals surface area (Å²) in [5.41, 5.74) is 10.0. The Kier molecular flexibility index (Phi) is 5.06. The molecule has 0 aliphatic heterocycles. The third kappa shape index (κ3) is 4.01. The summed E-state index contributed by atoms with van der Waals surface area (Å²) in [5, 5.41) is 0. The highest BCUT2D eigenvalue weighted by atomic mass is 32.2. The van der Waals surface area contributed by atoms with Crippen LogP contribution in [0.15, 0.2) is 54.9 Å². The van der Waals surface area contributed by atoms with Crippen LogP contribution in [0, 0.1) is 0 Å². The number of benzene rings is 1. The first-order valence-corrected chi connectivity index (χ1v) is 8.72. The van der Waals surface area contributed by atoms with Gasteiger partial charge in [-0.05, 0) is 23.3 Å². The molecule has 1 aromatic carbocycles. The molecule has 2 aromatic heterocycles. The molecule has 1 unspecified atom stereocenters. The van der Waals surface area contributed by atoms with E-state index < -0.39 is 11.1 Å². The molecule has 2 N–H and O–H groups in total. The normalized spacial score (nSPS) is 11.9. The summed E-state index contributed by atoms with van der Waals surface area (Å²) >= 11 is -2.13. The van der Waals surface area contributed by atoms with E-state index in [-0.39, 0.29) is 5.75 Å². The Bertz CT molecular complexity index is 914. The van der Waals surface area contributed by atoms with E-state index in [0.717, 1.165) is 27.8 Å². The fraction of sp³-hybridized carbons (Fsp3) is 0.111. The molecule has 25 heavy (non-hydrogen) atoms. The zero-order chi connectivity index (χ0) is 17.8. The highest BCUT2D eigenvalue weighted by Crippen LogP contribution is 2.30. The maximum Gasteiger partial charge on any atom is 0.212 e. The van der Waals surface area contributed by atoms with Crippen molar-refractivity contribution in [2.75, 3.05) is 12.8 Å². The predicted octanol–water partition coefficient (Wildman–Crippen LogP) is 2.78. The number of anilines is 1. The lowest BCUT2D eigenvalue weighted by atomic mass is 10.0. The third-order valence-electron chi connectivity index (χ3n) is 3.72. The van der Waals surface area contributed by atoms with Gasteiger partial charge < -0.3 is 15.0 Å². The van der Waals surface area contributed by atoms with Crippen LogP contribution in [0.1, 0.15) is 5.56 Å². The largest absolute Gasteiger partial charge is 0.772 e. The monoisotopic (exact) mass is 354 g/mol. The standard InChI is InChI=1S/C18H17N3O3S/c1-24-17-6-5-14(9-20-17)16-8-15(10-21-18(16)19)13-4-2-3-12(7-13)11-25(22)23/h2-10H,11H2,1H3,(H2,19,21)(H,22,23)/p-1. The van der Waals surface area contributed by atoms with Crippen molar-refractivity contribution in [3.63, 3.8) is 0 Å². The number of hydrogen-bond donors (Lipinski definition) is 1. The zero-order valence-corrected chi connectivity index (χ0v) is 14.3. The summed E-state index contributed by atoms with van der Waals surface area (Å²) in [7, 11) is 1.56. The number of methoxy groups -OCH3 is 1. The number of rotatable bonds is 5. The Balaban J connectivity index is 2.00. The molecule has 0 aliphatic carbocycles. The van der Waals surface area contributed by atoms with Gasteiger partial charge in [-0.3, -0.25) is 4.21 Å². The molecule has 0 saturated heterocycles. The van der Waals surface area contributed by atoms with Gasteiger partial charge in [0.05, 0.1) is 7.11 Å². The number of hydrogen-bond acceptors (Lipinski definition) is 6. The van der Waals surface area contributed by atoms with Crippen LogP contribution in [0.3, 0.4) is 0 Å². The number of pyridine rings is 2. The third-order valence-corrected chi connectivity index (χ3v) is 4.29. The molecule has 0 amide bonds. The van der Waals surface area contributed by atoms with Crippen LogP contribution >= 0.6 is 0 Å². The summed E-state index contributed by atoms with van der Waals surface area (Å²) in [5.74, 6) is 0.892. The van der Waals surface area contributed by atoms with E-state index in [4.69, 9.17) is 10.5 Å². The Morgan fingerprint density at radius 3 is 2.56 bits per heavy atom. The summed E-state index contributed by atoms with van der Waals surface area (Å²) in [6.45, 7) is 0. The van der Waals surface area contributed by atoms with Crippen molar-refractivity contribution < 1.29 is 13.5 Å². The van der Waals surface area contributed by atoms with Crippen LogP contribution in [-0.2, 0) is 16.8 Å². The predicted molar refractivity (Wildman–Crippen MR) is 96.5 cm³/mol. The Morgan fingerprint density at radius 1 is 1.08 bits per heavy atom. The molecule has 3 aromatic rings. The fourth-order valence-electron chi connectivity index (χ4n) is 2.50. The van der Waals surface area contributed by atoms with Gasteiger partial charge in [0, 0.05) is 40.9 Å². The van der Waals surface area contributed by atoms with Crippen molar-refractivity contribution in [2.24, 2.45) is 0 Å². The van der Waals surface area contributed by atoms with Crippen LogP contribution < -0.4 is 10.5 Å². The molecule has 3 rings (SSSR count). The first-order chi connectivity index (χ1) is 12.1. The minimum Gasteiger partial charge on any atom is -0.772 e. The topological polar surface area (TPSA) is 101 Å². The molecule has 0 bridgehead atoms. The number of ether oxygens (including phenoxy) is 1. The lowest BCUT2D eigenvalue weighted by Crippen LogP contribution is -1.97. The molecule has 0 radical (unpaired) electrons. The average Bonchev–Trinajstić information content (AvgIpc) is 2.62. The molecular weight excluding hydrogens is 338 g/mol. The van der Waals surface area contributed by atoms with Crippen LogP contribution in [0.2, 0.25) is 0 Å². The Hall–Kier alpha value is -2.77. The van der Waals surface area contributed by atoms with Crippen LogP contribution in [0.4, 0.5) is 5.82 Å². The molecule has 6 nitrogen and oxygen atoms in total. The zero-order valence-electron chi connectivity index (χ0n) is 13.5. The van der Waals surface area contributed by atoms with Gasteiger partial charge in [0.1, 0.15) is 5.82 Å². The molecular formula is C18H16N3O3S-. The maximum atomic E-state index is 10.9. The van der Waals surface area contributed by atoms with E-state index in [1.165, 1.54) is 0 Å². The first-order valence-electron chi connectivity index (χ1n) is 7.48. The van der Waals surface area contributed by atoms with E-state index in [1.54, 1.807) is 31.6 Å². The Labute approximate surface area is 148 Å². The van der Waals surface area contributed by atoms with Crippen molar-refractivity contribution in [3.05, 3.63) is 60.4 Å². The fourth-order valence-corrected chi connectivity index (χ4v) is 2.95. The van der Waals surface area contributed by atoms with E-state index in [2.05, 4.69) is 9.97 Å². The highest BCUT2D eigenvalue weighted by Gasteiger charge is 2.08. The SMILES string of the molecule is COc1ccc(-c2cc(-c3cccc(CS(=O)[O-])c3)cnc2N)cn1. The summed E-state index contributed by atoms with van der Waals surface area (Å²) in [6, 6.07) is 12.9. The van der Waals surface area contributed by atoms with Gasteiger partial charge in [-0.25, -0.2) is 9.97 Å². The Morgan fingerprint density at radius 2 is 1.88 bits per heavy atom. The van der Waals surface area contributed by atoms with E-state index in [9.17, 15) is 8.76 Å². The number of nitrogens with zero attached hydrogens (tertiary/aromatic N) is 2. The first kappa shape index (κ1) is 17.1. The van der Waals surface area contributed by atoms with Crippen molar-refractivity contribution >= 4 is 16.9 Å². The lowest BCUT2D eigenvalue weighted by molar-refractivity contribution is 0.398. The van der Waals surface area contributed by atoms with Crippen LogP contribution in [-0.4, -0.2) is 25.8 Å². The maximum absolute atomic E-state index is 10.9. The molecule has 2 heterocycles. The van der Waals surface area contributed by atoms with Crippen molar-refractivity contribution in [1.29, 1.82) is 0 Å². The van der Waals surface area contributed by atoms with Gasteiger partial charge in [0.15, 0.2) is 0 Å². The van der Waals surface area contributed by atoms with Crippen LogP contribution in [0.5, 0.6) is 5.88 Å². The summed E-state index contributed by atoms with van der Waals surface area (Å²) in [4.78, 5) is 8.45. The van der Waals surface area contributed by atoms with Crippen molar-refractivity contribution in [1.82, 2.24) is 9.97 Å². The van der Waals surface area contributed by atoms with Gasteiger partial charge >= 0.3 is 0 Å². The molecule has 0 saturated carbocycles. The quantitative estimate of drug-likeness (QED) is 0.707. The number of aromatic nitrogens is 2. The van der Waals surface area contributed by atoms with E-state index in [1.807, 2.05) is 30.3 Å². The van der Waals surface area contributed by atoms with Crippen molar-refractivity contribution in [2.45, 2.75) is 5.75 Å². The van der Waals surface area contributed by atoms with Gasteiger partial charge in [-0.15, -0.1) is 0 Å². The molecule has 128 valence electrons. The highest BCUT2D eigenvalue weighted by molar-refractivity contribution is 7.78. The van der Waals surface area contributed by atoms with Crippen LogP contribution in [0.25, 0.3) is 22.3 Å². The average molecular weight is 354 g/mol. The lowest BCUT2D eigenvalue weighted by Gasteiger charge is -2.10. The van der Waals surface area contributed by atoms with E-state index >= 15 is 0 Å². The second-order valence-electron chi connectivity index (χ2n) is 5.39. The summed E-state index contributed by atoms with van der Waals surface area (Å²) in [6.07, 6.45) is 3.34. The summed E-state index contributed by atoms with van der Waals surface area (Å²) < 4.78 is 26.9. The second kappa shape index (κ2) is 7.42. The molecule has 0 aliphatic rings. The number of nitrogen functional groups attached to an aromatic ring is 1. The molecule has 0 fully saturated rings. The molecule has 0 spiro atoms. The molecule has 7 heteroatoms. The van der Waals surface area contributed by atoms with Gasteiger partial charge in [0.25, 0.3) is 0 Å². The van der Waals surface area contributed by atoms with Gasteiger partial charge in [-0.1, -0.05) is 35.3 Å².